The molecule has 24 heavy (non-hydrogen) atoms. The molecule has 0 aliphatic heterocycles. The molecule has 0 bridgehead atoms. The number of methoxy groups -OCH3 is 1. The molecule has 3 heterocycles. The van der Waals surface area contributed by atoms with E-state index in [1.165, 1.54) is 5.56 Å². The van der Waals surface area contributed by atoms with Gasteiger partial charge in [0.2, 0.25) is 0 Å². The van der Waals surface area contributed by atoms with Crippen molar-refractivity contribution in [3.05, 3.63) is 65.1 Å². The lowest BCUT2D eigenvalue weighted by molar-refractivity contribution is 0.414. The van der Waals surface area contributed by atoms with Gasteiger partial charge in [-0.05, 0) is 46.2 Å². The first kappa shape index (κ1) is 14.7. The van der Waals surface area contributed by atoms with E-state index in [0.717, 1.165) is 28.3 Å². The van der Waals surface area contributed by atoms with Crippen molar-refractivity contribution in [2.75, 3.05) is 12.4 Å². The molecule has 0 atom stereocenters. The van der Waals surface area contributed by atoms with Crippen LogP contribution < -0.4 is 10.1 Å². The van der Waals surface area contributed by atoms with Crippen molar-refractivity contribution >= 4 is 22.8 Å². The summed E-state index contributed by atoms with van der Waals surface area (Å²) >= 11 is 1.67. The van der Waals surface area contributed by atoms with Gasteiger partial charge in [0.25, 0.3) is 0 Å². The second-order valence-electron chi connectivity index (χ2n) is 5.34. The summed E-state index contributed by atoms with van der Waals surface area (Å²) in [5.41, 5.74) is 4.22. The number of anilines is 1. The van der Waals surface area contributed by atoms with Gasteiger partial charge in [-0.25, -0.2) is 4.98 Å². The molecule has 3 aromatic heterocycles. The lowest BCUT2D eigenvalue weighted by Crippen LogP contribution is -2.05. The van der Waals surface area contributed by atoms with Gasteiger partial charge < -0.3 is 10.1 Å². The zero-order valence-corrected chi connectivity index (χ0v) is 14.0. The molecule has 0 amide bonds. The third-order valence-corrected chi connectivity index (χ3v) is 4.55. The van der Waals surface area contributed by atoms with Crippen LogP contribution in [0.3, 0.4) is 0 Å². The molecular formula is C18H16N4OS. The molecule has 0 saturated carbocycles. The molecule has 4 aromatic rings. The molecule has 0 radical (unpaired) electrons. The third kappa shape index (κ3) is 2.72. The van der Waals surface area contributed by atoms with Crippen molar-refractivity contribution in [1.29, 1.82) is 0 Å². The quantitative estimate of drug-likeness (QED) is 0.597. The average molecular weight is 336 g/mol. The van der Waals surface area contributed by atoms with E-state index >= 15 is 0 Å². The lowest BCUT2D eigenvalue weighted by atomic mass is 10.2. The van der Waals surface area contributed by atoms with Gasteiger partial charge in [-0.2, -0.15) is 21.0 Å². The number of rotatable bonds is 5. The van der Waals surface area contributed by atoms with Crippen molar-refractivity contribution < 1.29 is 4.74 Å². The van der Waals surface area contributed by atoms with Crippen molar-refractivity contribution in [3.63, 3.8) is 0 Å². The Balaban J connectivity index is 1.60. The van der Waals surface area contributed by atoms with Gasteiger partial charge in [0, 0.05) is 18.3 Å². The van der Waals surface area contributed by atoms with Gasteiger partial charge in [-0.15, -0.1) is 0 Å². The molecule has 1 aromatic carbocycles. The standard InChI is InChI=1S/C18H16N4OS/c1-23-15-4-2-13(3-5-15)10-20-17-6-8-19-18-16(11-21-22(17)18)14-7-9-24-12-14/h2-9,11-12,20H,10H2,1H3. The summed E-state index contributed by atoms with van der Waals surface area (Å²) in [4.78, 5) is 4.48. The van der Waals surface area contributed by atoms with Crippen molar-refractivity contribution in [1.82, 2.24) is 14.6 Å². The summed E-state index contributed by atoms with van der Waals surface area (Å²) in [5.74, 6) is 1.77. The maximum absolute atomic E-state index is 5.19. The minimum absolute atomic E-state index is 0.705. The Morgan fingerprint density at radius 2 is 2.04 bits per heavy atom. The van der Waals surface area contributed by atoms with Crippen LogP contribution in [0.1, 0.15) is 5.56 Å². The Morgan fingerprint density at radius 1 is 1.17 bits per heavy atom. The van der Waals surface area contributed by atoms with Crippen molar-refractivity contribution in [2.24, 2.45) is 0 Å². The normalized spacial score (nSPS) is 10.9. The highest BCUT2D eigenvalue weighted by atomic mass is 32.1. The highest BCUT2D eigenvalue weighted by Crippen LogP contribution is 2.26. The van der Waals surface area contributed by atoms with Crippen LogP contribution >= 0.6 is 11.3 Å². The Hall–Kier alpha value is -2.86. The molecular weight excluding hydrogens is 320 g/mol. The van der Waals surface area contributed by atoms with E-state index in [0.29, 0.717) is 6.54 Å². The van der Waals surface area contributed by atoms with Crippen LogP contribution in [-0.4, -0.2) is 21.7 Å². The average Bonchev–Trinajstić information content (AvgIpc) is 3.29. The first-order chi connectivity index (χ1) is 11.8. The highest BCUT2D eigenvalue weighted by Gasteiger charge is 2.10. The molecule has 0 spiro atoms. The van der Waals surface area contributed by atoms with E-state index in [1.54, 1.807) is 18.4 Å². The summed E-state index contributed by atoms with van der Waals surface area (Å²) in [6, 6.07) is 12.0. The SMILES string of the molecule is COc1ccc(CNc2ccnc3c(-c4ccsc4)cnn23)cc1. The van der Waals surface area contributed by atoms with Crippen molar-refractivity contribution in [3.8, 4) is 16.9 Å². The van der Waals surface area contributed by atoms with Crippen LogP contribution in [0.15, 0.2) is 59.6 Å². The molecule has 4 rings (SSSR count). The van der Waals surface area contributed by atoms with Gasteiger partial charge in [0.15, 0.2) is 5.65 Å². The maximum atomic E-state index is 5.19. The molecule has 0 fully saturated rings. The molecule has 5 nitrogen and oxygen atoms in total. The minimum atomic E-state index is 0.705. The Labute approximate surface area is 143 Å². The molecule has 0 aliphatic carbocycles. The fourth-order valence-electron chi connectivity index (χ4n) is 2.58. The number of hydrogen-bond acceptors (Lipinski definition) is 5. The first-order valence-corrected chi connectivity index (χ1v) is 8.51. The summed E-state index contributed by atoms with van der Waals surface area (Å²) in [6.45, 7) is 0.705. The molecule has 6 heteroatoms. The predicted molar refractivity (Wildman–Crippen MR) is 96.6 cm³/mol. The highest BCUT2D eigenvalue weighted by molar-refractivity contribution is 7.08. The number of benzene rings is 1. The number of nitrogens with zero attached hydrogens (tertiary/aromatic N) is 3. The predicted octanol–water partition coefficient (Wildman–Crippen LogP) is 4.08. The smallest absolute Gasteiger partial charge is 0.165 e. The van der Waals surface area contributed by atoms with Crippen LogP contribution in [0, 0.1) is 0 Å². The van der Waals surface area contributed by atoms with E-state index < -0.39 is 0 Å². The van der Waals surface area contributed by atoms with Crippen LogP contribution in [0.2, 0.25) is 0 Å². The van der Waals surface area contributed by atoms with Gasteiger partial charge in [0.1, 0.15) is 11.6 Å². The number of aromatic nitrogens is 3. The second kappa shape index (κ2) is 6.33. The summed E-state index contributed by atoms with van der Waals surface area (Å²) < 4.78 is 7.03. The summed E-state index contributed by atoms with van der Waals surface area (Å²) in [6.07, 6.45) is 3.67. The number of hydrogen-bond donors (Lipinski definition) is 1. The number of fused-ring (bicyclic) bond motifs is 1. The second-order valence-corrected chi connectivity index (χ2v) is 6.12. The van der Waals surface area contributed by atoms with Crippen LogP contribution in [-0.2, 0) is 6.54 Å². The molecule has 0 saturated heterocycles. The topological polar surface area (TPSA) is 51.5 Å². The Morgan fingerprint density at radius 3 is 2.79 bits per heavy atom. The van der Waals surface area contributed by atoms with E-state index in [1.807, 2.05) is 47.2 Å². The van der Waals surface area contributed by atoms with Crippen LogP contribution in [0.5, 0.6) is 5.75 Å². The fraction of sp³-hybridized carbons (Fsp3) is 0.111. The monoisotopic (exact) mass is 336 g/mol. The molecule has 1 N–H and O–H groups in total. The van der Waals surface area contributed by atoms with E-state index in [4.69, 9.17) is 4.74 Å². The minimum Gasteiger partial charge on any atom is -0.497 e. The molecule has 120 valence electrons. The van der Waals surface area contributed by atoms with Crippen molar-refractivity contribution in [2.45, 2.75) is 6.54 Å². The largest absolute Gasteiger partial charge is 0.497 e. The van der Waals surface area contributed by atoms with Gasteiger partial charge >= 0.3 is 0 Å². The van der Waals surface area contributed by atoms with E-state index in [9.17, 15) is 0 Å². The number of thiophene rings is 1. The lowest BCUT2D eigenvalue weighted by Gasteiger charge is -2.09. The molecule has 0 aliphatic rings. The van der Waals surface area contributed by atoms with Gasteiger partial charge in [-0.3, -0.25) is 0 Å². The van der Waals surface area contributed by atoms with Gasteiger partial charge in [0.05, 0.1) is 13.3 Å². The van der Waals surface area contributed by atoms with E-state index in [-0.39, 0.29) is 0 Å². The maximum Gasteiger partial charge on any atom is 0.165 e. The van der Waals surface area contributed by atoms with Gasteiger partial charge in [-0.1, -0.05) is 12.1 Å². The number of ether oxygens (including phenoxy) is 1. The third-order valence-electron chi connectivity index (χ3n) is 3.87. The summed E-state index contributed by atoms with van der Waals surface area (Å²) in [7, 11) is 1.67. The summed E-state index contributed by atoms with van der Waals surface area (Å²) in [5, 5.41) is 12.1. The first-order valence-electron chi connectivity index (χ1n) is 7.57. The Kier molecular flexibility index (Phi) is 3.88. The number of nitrogens with one attached hydrogen (secondary N) is 1. The zero-order chi connectivity index (χ0) is 16.4. The van der Waals surface area contributed by atoms with E-state index in [2.05, 4.69) is 32.2 Å². The fourth-order valence-corrected chi connectivity index (χ4v) is 3.24. The molecule has 0 unspecified atom stereocenters. The zero-order valence-electron chi connectivity index (χ0n) is 13.1. The van der Waals surface area contributed by atoms with Crippen LogP contribution in [0.25, 0.3) is 16.8 Å². The Bertz CT molecular complexity index is 945. The van der Waals surface area contributed by atoms with Crippen LogP contribution in [0.4, 0.5) is 5.82 Å².